The Balaban J connectivity index is 1.92. The van der Waals surface area contributed by atoms with E-state index in [1.165, 1.54) is 11.3 Å². The number of ketones is 1. The van der Waals surface area contributed by atoms with Gasteiger partial charge in [0.05, 0.1) is 7.11 Å². The van der Waals surface area contributed by atoms with E-state index >= 15 is 0 Å². The van der Waals surface area contributed by atoms with Crippen LogP contribution in [-0.2, 0) is 13.0 Å². The molecule has 0 aliphatic rings. The van der Waals surface area contributed by atoms with Crippen molar-refractivity contribution in [2.75, 3.05) is 7.11 Å². The molecule has 1 aromatic carbocycles. The summed E-state index contributed by atoms with van der Waals surface area (Å²) >= 11 is 1.43. The predicted octanol–water partition coefficient (Wildman–Crippen LogP) is 2.43. The summed E-state index contributed by atoms with van der Waals surface area (Å²) in [4.78, 5) is 16.1. The molecule has 0 spiro atoms. The molecule has 2 N–H and O–H groups in total. The first kappa shape index (κ1) is 13.7. The highest BCUT2D eigenvalue weighted by atomic mass is 32.1. The monoisotopic (exact) mass is 276 g/mol. The third kappa shape index (κ3) is 3.62. The van der Waals surface area contributed by atoms with Crippen LogP contribution in [0.3, 0.4) is 0 Å². The van der Waals surface area contributed by atoms with Gasteiger partial charge in [-0.05, 0) is 24.1 Å². The molecular formula is C14H16N2O2S. The average Bonchev–Trinajstić information content (AvgIpc) is 2.94. The average molecular weight is 276 g/mol. The van der Waals surface area contributed by atoms with Gasteiger partial charge in [-0.15, -0.1) is 11.3 Å². The third-order valence-corrected chi connectivity index (χ3v) is 3.68. The van der Waals surface area contributed by atoms with Crippen LogP contribution >= 0.6 is 11.3 Å². The molecule has 0 fully saturated rings. The van der Waals surface area contributed by atoms with Crippen LogP contribution in [0.15, 0.2) is 29.6 Å². The number of carbonyl (C=O) groups excluding carboxylic acids is 1. The van der Waals surface area contributed by atoms with Crippen LogP contribution in [0.1, 0.15) is 27.5 Å². The second-order valence-electron chi connectivity index (χ2n) is 4.10. The van der Waals surface area contributed by atoms with Crippen molar-refractivity contribution in [3.63, 3.8) is 0 Å². The number of aryl methyl sites for hydroxylation is 1. The van der Waals surface area contributed by atoms with E-state index in [0.29, 0.717) is 25.1 Å². The normalized spacial score (nSPS) is 10.4. The van der Waals surface area contributed by atoms with Crippen LogP contribution in [0.2, 0.25) is 0 Å². The van der Waals surface area contributed by atoms with Gasteiger partial charge in [0.25, 0.3) is 0 Å². The van der Waals surface area contributed by atoms with E-state index in [1.54, 1.807) is 12.5 Å². The molecule has 19 heavy (non-hydrogen) atoms. The summed E-state index contributed by atoms with van der Waals surface area (Å²) in [6.45, 7) is 0.385. The zero-order valence-electron chi connectivity index (χ0n) is 10.8. The highest BCUT2D eigenvalue weighted by molar-refractivity contribution is 7.09. The number of rotatable bonds is 6. The van der Waals surface area contributed by atoms with Gasteiger partial charge < -0.3 is 10.5 Å². The summed E-state index contributed by atoms with van der Waals surface area (Å²) in [6.07, 6.45) is 1.17. The maximum Gasteiger partial charge on any atom is 0.182 e. The molecule has 2 rings (SSSR count). The zero-order chi connectivity index (χ0) is 13.7. The molecular weight excluding hydrogens is 260 g/mol. The van der Waals surface area contributed by atoms with Crippen molar-refractivity contribution in [1.82, 2.24) is 4.98 Å². The van der Waals surface area contributed by atoms with Crippen LogP contribution in [0.5, 0.6) is 5.75 Å². The lowest BCUT2D eigenvalue weighted by Gasteiger charge is -2.02. The van der Waals surface area contributed by atoms with Crippen molar-refractivity contribution < 1.29 is 9.53 Å². The lowest BCUT2D eigenvalue weighted by atomic mass is 10.1. The number of hydrogen-bond acceptors (Lipinski definition) is 5. The molecule has 100 valence electrons. The van der Waals surface area contributed by atoms with Crippen molar-refractivity contribution in [2.24, 2.45) is 5.73 Å². The van der Waals surface area contributed by atoms with Gasteiger partial charge in [0.15, 0.2) is 5.78 Å². The molecule has 1 aromatic heterocycles. The topological polar surface area (TPSA) is 65.2 Å². The molecule has 0 aliphatic carbocycles. The van der Waals surface area contributed by atoms with E-state index in [4.69, 9.17) is 10.5 Å². The first-order valence-electron chi connectivity index (χ1n) is 6.03. The Morgan fingerprint density at radius 3 is 2.68 bits per heavy atom. The number of benzene rings is 1. The number of thiazole rings is 1. The number of ether oxygens (including phenoxy) is 1. The molecule has 1 heterocycles. The Labute approximate surface area is 116 Å². The Kier molecular flexibility index (Phi) is 4.65. The van der Waals surface area contributed by atoms with Gasteiger partial charge in [-0.3, -0.25) is 4.79 Å². The van der Waals surface area contributed by atoms with E-state index < -0.39 is 0 Å². The van der Waals surface area contributed by atoms with E-state index in [2.05, 4.69) is 4.98 Å². The van der Waals surface area contributed by atoms with E-state index in [1.807, 2.05) is 24.3 Å². The Morgan fingerprint density at radius 1 is 1.37 bits per heavy atom. The fourth-order valence-corrected chi connectivity index (χ4v) is 2.39. The Hall–Kier alpha value is -1.72. The number of aromatic nitrogens is 1. The lowest BCUT2D eigenvalue weighted by Crippen LogP contribution is -2.03. The highest BCUT2D eigenvalue weighted by Crippen LogP contribution is 2.15. The summed E-state index contributed by atoms with van der Waals surface area (Å²) in [7, 11) is 1.63. The number of hydrogen-bond donors (Lipinski definition) is 1. The number of methoxy groups -OCH3 is 1. The molecule has 0 saturated carbocycles. The fourth-order valence-electron chi connectivity index (χ4n) is 1.71. The standard InChI is InChI=1S/C14H16N2O2S/c1-18-11-5-2-10(3-6-11)4-7-13(17)12-9-19-14(8-15)16-12/h2-3,5-6,9H,4,7-8,15H2,1H3. The maximum atomic E-state index is 11.9. The molecule has 0 radical (unpaired) electrons. The minimum absolute atomic E-state index is 0.0618. The van der Waals surface area contributed by atoms with Gasteiger partial charge in [-0.1, -0.05) is 12.1 Å². The molecule has 0 saturated heterocycles. The van der Waals surface area contributed by atoms with E-state index in [9.17, 15) is 4.79 Å². The SMILES string of the molecule is COc1ccc(CCC(=O)c2csc(CN)n2)cc1. The van der Waals surface area contributed by atoms with Crippen LogP contribution in [0.4, 0.5) is 0 Å². The number of nitrogens with zero attached hydrogens (tertiary/aromatic N) is 1. The largest absolute Gasteiger partial charge is 0.497 e. The van der Waals surface area contributed by atoms with E-state index in [0.717, 1.165) is 16.3 Å². The van der Waals surface area contributed by atoms with Gasteiger partial charge in [-0.25, -0.2) is 4.98 Å². The highest BCUT2D eigenvalue weighted by Gasteiger charge is 2.10. The molecule has 0 bridgehead atoms. The summed E-state index contributed by atoms with van der Waals surface area (Å²) < 4.78 is 5.09. The van der Waals surface area contributed by atoms with Crippen LogP contribution in [-0.4, -0.2) is 17.9 Å². The second kappa shape index (κ2) is 6.45. The zero-order valence-corrected chi connectivity index (χ0v) is 11.6. The summed E-state index contributed by atoms with van der Waals surface area (Å²) in [5.74, 6) is 0.883. The van der Waals surface area contributed by atoms with Crippen LogP contribution in [0, 0.1) is 0 Å². The minimum atomic E-state index is 0.0618. The molecule has 0 amide bonds. The smallest absolute Gasteiger partial charge is 0.182 e. The van der Waals surface area contributed by atoms with E-state index in [-0.39, 0.29) is 5.78 Å². The first-order chi connectivity index (χ1) is 9.22. The van der Waals surface area contributed by atoms with Crippen molar-refractivity contribution in [3.8, 4) is 5.75 Å². The summed E-state index contributed by atoms with van der Waals surface area (Å²) in [5.41, 5.74) is 7.12. The number of Topliss-reactive ketones (excluding diaryl/α,β-unsaturated/α-hetero) is 1. The molecule has 0 atom stereocenters. The summed E-state index contributed by atoms with van der Waals surface area (Å²) in [5, 5.41) is 2.58. The van der Waals surface area contributed by atoms with Gasteiger partial charge in [0.2, 0.25) is 0 Å². The van der Waals surface area contributed by atoms with Gasteiger partial charge >= 0.3 is 0 Å². The van der Waals surface area contributed by atoms with Crippen LogP contribution < -0.4 is 10.5 Å². The molecule has 0 aliphatic heterocycles. The van der Waals surface area contributed by atoms with Gasteiger partial charge in [0, 0.05) is 18.3 Å². The van der Waals surface area contributed by atoms with Gasteiger partial charge in [-0.2, -0.15) is 0 Å². The molecule has 5 heteroatoms. The van der Waals surface area contributed by atoms with Crippen molar-refractivity contribution in [1.29, 1.82) is 0 Å². The van der Waals surface area contributed by atoms with Crippen LogP contribution in [0.25, 0.3) is 0 Å². The van der Waals surface area contributed by atoms with Crippen molar-refractivity contribution >= 4 is 17.1 Å². The Bertz CT molecular complexity index is 549. The summed E-state index contributed by atoms with van der Waals surface area (Å²) in [6, 6.07) is 7.74. The number of nitrogens with two attached hydrogens (primary N) is 1. The van der Waals surface area contributed by atoms with Crippen molar-refractivity contribution in [3.05, 3.63) is 45.9 Å². The minimum Gasteiger partial charge on any atom is -0.497 e. The first-order valence-corrected chi connectivity index (χ1v) is 6.91. The third-order valence-electron chi connectivity index (χ3n) is 2.81. The van der Waals surface area contributed by atoms with Crippen molar-refractivity contribution in [2.45, 2.75) is 19.4 Å². The molecule has 0 unspecified atom stereocenters. The molecule has 4 nitrogen and oxygen atoms in total. The molecule has 2 aromatic rings. The Morgan fingerprint density at radius 2 is 2.11 bits per heavy atom. The quantitative estimate of drug-likeness (QED) is 0.823. The predicted molar refractivity (Wildman–Crippen MR) is 75.7 cm³/mol. The fraction of sp³-hybridized carbons (Fsp3) is 0.286. The maximum absolute atomic E-state index is 11.9. The lowest BCUT2D eigenvalue weighted by molar-refractivity contribution is 0.0978. The number of carbonyl (C=O) groups is 1. The van der Waals surface area contributed by atoms with Gasteiger partial charge in [0.1, 0.15) is 16.5 Å². The second-order valence-corrected chi connectivity index (χ2v) is 5.04.